The molecule has 1 heterocycles. The maximum Gasteiger partial charge on any atom is 0.341 e. The van der Waals surface area contributed by atoms with Crippen molar-refractivity contribution in [1.29, 1.82) is 0 Å². The highest BCUT2D eigenvalue weighted by Gasteiger charge is 2.23. The Balaban J connectivity index is 1.54. The monoisotopic (exact) mass is 461 g/mol. The second-order valence-corrected chi connectivity index (χ2v) is 8.85. The van der Waals surface area contributed by atoms with Gasteiger partial charge in [-0.3, -0.25) is 4.79 Å². The average molecular weight is 462 g/mol. The van der Waals surface area contributed by atoms with E-state index in [1.165, 1.54) is 42.4 Å². The molecule has 0 saturated carbocycles. The quantitative estimate of drug-likeness (QED) is 0.339. The first-order valence-corrected chi connectivity index (χ1v) is 11.9. The number of allylic oxidation sites excluding steroid dienone is 1. The summed E-state index contributed by atoms with van der Waals surface area (Å²) in [4.78, 5) is 25.3. The molecule has 0 aliphatic heterocycles. The molecular weight excluding hydrogens is 434 g/mol. The van der Waals surface area contributed by atoms with E-state index in [1.54, 1.807) is 6.08 Å². The Morgan fingerprint density at radius 2 is 1.91 bits per heavy atom. The lowest BCUT2D eigenvalue weighted by Gasteiger charge is -2.17. The van der Waals surface area contributed by atoms with Gasteiger partial charge < -0.3 is 14.8 Å². The van der Waals surface area contributed by atoms with Crippen molar-refractivity contribution in [3.63, 3.8) is 0 Å². The minimum absolute atomic E-state index is 0.166. The standard InChI is InChI=1S/C27H27NO4S/c1-3-8-19-10-6-7-12-23(19)32-16-24(29)28-26-25(27(30)31-2)22(17-33-26)21-14-13-18-9-4-5-11-20(18)15-21/h3,6-7,10,12-15,17H,1,4-5,8-9,11,16H2,2H3,(H,28,29). The van der Waals surface area contributed by atoms with Gasteiger partial charge in [-0.05, 0) is 60.4 Å². The number of hydrogen-bond donors (Lipinski definition) is 1. The van der Waals surface area contributed by atoms with Crippen LogP contribution in [-0.4, -0.2) is 25.6 Å². The van der Waals surface area contributed by atoms with Crippen LogP contribution in [0, 0.1) is 0 Å². The van der Waals surface area contributed by atoms with E-state index >= 15 is 0 Å². The van der Waals surface area contributed by atoms with Crippen LogP contribution < -0.4 is 10.1 Å². The molecule has 0 unspecified atom stereocenters. The van der Waals surface area contributed by atoms with Gasteiger partial charge >= 0.3 is 5.97 Å². The average Bonchev–Trinajstić information content (AvgIpc) is 3.26. The summed E-state index contributed by atoms with van der Waals surface area (Å²) in [6.45, 7) is 3.59. The highest BCUT2D eigenvalue weighted by molar-refractivity contribution is 7.15. The molecule has 1 aromatic heterocycles. The number of fused-ring (bicyclic) bond motifs is 1. The van der Waals surface area contributed by atoms with Crippen LogP contribution in [0.4, 0.5) is 5.00 Å². The molecular formula is C27H27NO4S. The van der Waals surface area contributed by atoms with Crippen LogP contribution in [-0.2, 0) is 28.8 Å². The molecule has 0 fully saturated rings. The Morgan fingerprint density at radius 3 is 2.70 bits per heavy atom. The number of rotatable bonds is 8. The number of carbonyl (C=O) groups excluding carboxylic acids is 2. The molecule has 0 bridgehead atoms. The lowest BCUT2D eigenvalue weighted by Crippen LogP contribution is -2.21. The maximum absolute atomic E-state index is 12.7. The number of hydrogen-bond acceptors (Lipinski definition) is 5. The Kier molecular flexibility index (Phi) is 7.25. The molecule has 0 saturated heterocycles. The lowest BCUT2D eigenvalue weighted by molar-refractivity contribution is -0.118. The summed E-state index contributed by atoms with van der Waals surface area (Å²) in [5, 5.41) is 5.19. The zero-order valence-corrected chi connectivity index (χ0v) is 19.5. The topological polar surface area (TPSA) is 64.6 Å². The van der Waals surface area contributed by atoms with E-state index in [0.717, 1.165) is 29.5 Å². The van der Waals surface area contributed by atoms with Crippen molar-refractivity contribution < 1.29 is 19.1 Å². The van der Waals surface area contributed by atoms with Crippen molar-refractivity contribution >= 4 is 28.2 Å². The van der Waals surface area contributed by atoms with Crippen LogP contribution in [0.3, 0.4) is 0 Å². The van der Waals surface area contributed by atoms with Gasteiger partial charge in [0.25, 0.3) is 5.91 Å². The molecule has 2 aromatic carbocycles. The summed E-state index contributed by atoms with van der Waals surface area (Å²) in [5.41, 5.74) is 5.77. The van der Waals surface area contributed by atoms with E-state index in [4.69, 9.17) is 9.47 Å². The molecule has 6 heteroatoms. The number of esters is 1. The van der Waals surface area contributed by atoms with Gasteiger partial charge in [0.1, 0.15) is 16.3 Å². The number of amides is 1. The van der Waals surface area contributed by atoms with Gasteiger partial charge in [-0.2, -0.15) is 0 Å². The Morgan fingerprint density at radius 1 is 1.12 bits per heavy atom. The Hall–Kier alpha value is -3.38. The van der Waals surface area contributed by atoms with Crippen LogP contribution in [0.15, 0.2) is 60.5 Å². The molecule has 1 N–H and O–H groups in total. The van der Waals surface area contributed by atoms with E-state index < -0.39 is 5.97 Å². The predicted molar refractivity (Wildman–Crippen MR) is 132 cm³/mol. The fraction of sp³-hybridized carbons (Fsp3) is 0.259. The number of carbonyl (C=O) groups is 2. The summed E-state index contributed by atoms with van der Waals surface area (Å²) < 4.78 is 10.8. The lowest BCUT2D eigenvalue weighted by atomic mass is 9.89. The Bertz CT molecular complexity index is 1180. The molecule has 170 valence electrons. The molecule has 0 radical (unpaired) electrons. The summed E-state index contributed by atoms with van der Waals surface area (Å²) in [6.07, 6.45) is 6.99. The molecule has 1 aliphatic carbocycles. The van der Waals surface area contributed by atoms with Crippen LogP contribution in [0.1, 0.15) is 39.9 Å². The van der Waals surface area contributed by atoms with Crippen LogP contribution in [0.2, 0.25) is 0 Å². The molecule has 1 aliphatic rings. The number of thiophene rings is 1. The van der Waals surface area contributed by atoms with Gasteiger partial charge in [-0.25, -0.2) is 4.79 Å². The van der Waals surface area contributed by atoms with Crippen molar-refractivity contribution in [2.24, 2.45) is 0 Å². The van der Waals surface area contributed by atoms with E-state index in [2.05, 4.69) is 24.0 Å². The zero-order chi connectivity index (χ0) is 23.2. The van der Waals surface area contributed by atoms with Crippen molar-refractivity contribution in [1.82, 2.24) is 0 Å². The normalized spacial score (nSPS) is 12.5. The van der Waals surface area contributed by atoms with Crippen molar-refractivity contribution in [2.75, 3.05) is 19.0 Å². The van der Waals surface area contributed by atoms with Gasteiger partial charge in [-0.1, -0.05) is 42.5 Å². The Labute approximate surface area is 198 Å². The molecule has 3 aromatic rings. The number of anilines is 1. The fourth-order valence-corrected chi connectivity index (χ4v) is 5.12. The third kappa shape index (κ3) is 5.17. The first-order chi connectivity index (χ1) is 16.1. The number of methoxy groups -OCH3 is 1. The number of para-hydroxylation sites is 1. The van der Waals surface area contributed by atoms with Gasteiger partial charge in [0, 0.05) is 10.9 Å². The molecule has 33 heavy (non-hydrogen) atoms. The van der Waals surface area contributed by atoms with E-state index in [1.807, 2.05) is 35.7 Å². The SMILES string of the molecule is C=CCc1ccccc1OCC(=O)Nc1scc(-c2ccc3c(c2)CCCC3)c1C(=O)OC. The van der Waals surface area contributed by atoms with Crippen LogP contribution in [0.25, 0.3) is 11.1 Å². The third-order valence-corrected chi connectivity index (χ3v) is 6.68. The zero-order valence-electron chi connectivity index (χ0n) is 18.7. The fourth-order valence-electron chi connectivity index (χ4n) is 4.14. The van der Waals surface area contributed by atoms with Gasteiger partial charge in [0.15, 0.2) is 6.61 Å². The molecule has 1 amide bonds. The number of aryl methyl sites for hydroxylation is 2. The minimum atomic E-state index is -0.475. The molecule has 0 spiro atoms. The summed E-state index contributed by atoms with van der Waals surface area (Å²) in [6, 6.07) is 13.9. The van der Waals surface area contributed by atoms with Gasteiger partial charge in [-0.15, -0.1) is 17.9 Å². The van der Waals surface area contributed by atoms with Crippen LogP contribution in [0.5, 0.6) is 5.75 Å². The van der Waals surface area contributed by atoms with Gasteiger partial charge in [0.2, 0.25) is 0 Å². The molecule has 4 rings (SSSR count). The highest BCUT2D eigenvalue weighted by Crippen LogP contribution is 2.37. The first kappa shape index (κ1) is 22.8. The van der Waals surface area contributed by atoms with E-state index in [0.29, 0.717) is 22.7 Å². The van der Waals surface area contributed by atoms with Crippen molar-refractivity contribution in [2.45, 2.75) is 32.1 Å². The summed E-state index contributed by atoms with van der Waals surface area (Å²) >= 11 is 1.31. The van der Waals surface area contributed by atoms with Crippen molar-refractivity contribution in [3.05, 3.63) is 82.8 Å². The number of benzene rings is 2. The number of nitrogens with one attached hydrogen (secondary N) is 1. The molecule has 0 atom stereocenters. The summed E-state index contributed by atoms with van der Waals surface area (Å²) in [7, 11) is 1.35. The van der Waals surface area contributed by atoms with Crippen LogP contribution >= 0.6 is 11.3 Å². The minimum Gasteiger partial charge on any atom is -0.483 e. The smallest absolute Gasteiger partial charge is 0.341 e. The second-order valence-electron chi connectivity index (χ2n) is 7.97. The predicted octanol–water partition coefficient (Wildman–Crippen LogP) is 5.83. The summed E-state index contributed by atoms with van der Waals surface area (Å²) in [5.74, 6) is -0.175. The van der Waals surface area contributed by atoms with E-state index in [9.17, 15) is 9.59 Å². The second kappa shape index (κ2) is 10.5. The maximum atomic E-state index is 12.7. The first-order valence-electron chi connectivity index (χ1n) is 11.0. The van der Waals surface area contributed by atoms with Gasteiger partial charge in [0.05, 0.1) is 7.11 Å². The largest absolute Gasteiger partial charge is 0.483 e. The third-order valence-electron chi connectivity index (χ3n) is 5.79. The highest BCUT2D eigenvalue weighted by atomic mass is 32.1. The van der Waals surface area contributed by atoms with Crippen molar-refractivity contribution in [3.8, 4) is 16.9 Å². The van der Waals surface area contributed by atoms with E-state index in [-0.39, 0.29) is 12.5 Å². The molecule has 5 nitrogen and oxygen atoms in total. The number of ether oxygens (including phenoxy) is 2.